The van der Waals surface area contributed by atoms with E-state index in [1.807, 2.05) is 31.2 Å². The number of benzene rings is 2. The highest BCUT2D eigenvalue weighted by atomic mass is 19.1. The van der Waals surface area contributed by atoms with Crippen molar-refractivity contribution in [2.24, 2.45) is 0 Å². The molecule has 0 heterocycles. The third-order valence-electron chi connectivity index (χ3n) is 3.44. The van der Waals surface area contributed by atoms with Crippen LogP contribution < -0.4 is 14.8 Å². The molecule has 2 aromatic rings. The second-order valence-electron chi connectivity index (χ2n) is 5.36. The Morgan fingerprint density at radius 2 is 1.75 bits per heavy atom. The van der Waals surface area contributed by atoms with E-state index in [0.29, 0.717) is 31.1 Å². The zero-order valence-electron chi connectivity index (χ0n) is 14.0. The molecule has 0 aromatic heterocycles. The molecule has 1 amide bonds. The topological polar surface area (TPSA) is 47.6 Å². The molecule has 2 aromatic carbocycles. The van der Waals surface area contributed by atoms with Crippen LogP contribution in [-0.2, 0) is 11.3 Å². The first kappa shape index (κ1) is 17.8. The van der Waals surface area contributed by atoms with Crippen LogP contribution in [0, 0.1) is 12.7 Å². The van der Waals surface area contributed by atoms with E-state index in [2.05, 4.69) is 5.32 Å². The van der Waals surface area contributed by atoms with Gasteiger partial charge in [-0.3, -0.25) is 4.79 Å². The number of ether oxygens (including phenoxy) is 2. The van der Waals surface area contributed by atoms with Crippen molar-refractivity contribution in [3.63, 3.8) is 0 Å². The molecule has 0 saturated heterocycles. The third-order valence-corrected chi connectivity index (χ3v) is 3.44. The summed E-state index contributed by atoms with van der Waals surface area (Å²) in [6.45, 7) is 4.92. The molecule has 128 valence electrons. The van der Waals surface area contributed by atoms with Gasteiger partial charge in [0.05, 0.1) is 19.6 Å². The van der Waals surface area contributed by atoms with Crippen molar-refractivity contribution in [2.45, 2.75) is 26.8 Å². The highest BCUT2D eigenvalue weighted by Gasteiger charge is 2.04. The van der Waals surface area contributed by atoms with Crippen molar-refractivity contribution in [1.29, 1.82) is 0 Å². The van der Waals surface area contributed by atoms with Gasteiger partial charge in [0.1, 0.15) is 17.3 Å². The van der Waals surface area contributed by atoms with Crippen molar-refractivity contribution in [3.05, 3.63) is 59.4 Å². The zero-order valence-corrected chi connectivity index (χ0v) is 14.0. The fourth-order valence-electron chi connectivity index (χ4n) is 2.17. The average Bonchev–Trinajstić information content (AvgIpc) is 2.58. The Balaban J connectivity index is 1.70. The van der Waals surface area contributed by atoms with Gasteiger partial charge in [-0.2, -0.15) is 0 Å². The molecule has 2 rings (SSSR count). The lowest BCUT2D eigenvalue weighted by atomic mass is 10.1. The molecular weight excluding hydrogens is 309 g/mol. The first-order chi connectivity index (χ1) is 11.6. The number of carbonyl (C=O) groups excluding carboxylic acids is 1. The Labute approximate surface area is 141 Å². The van der Waals surface area contributed by atoms with E-state index in [-0.39, 0.29) is 18.1 Å². The minimum atomic E-state index is -0.242. The minimum Gasteiger partial charge on any atom is -0.494 e. The number of carbonyl (C=O) groups is 1. The Morgan fingerprint density at radius 3 is 2.38 bits per heavy atom. The monoisotopic (exact) mass is 331 g/mol. The molecular formula is C19H22FNO3. The van der Waals surface area contributed by atoms with Crippen molar-refractivity contribution < 1.29 is 18.7 Å². The fraction of sp³-hybridized carbons (Fsp3) is 0.316. The molecule has 4 nitrogen and oxygen atoms in total. The van der Waals surface area contributed by atoms with Crippen LogP contribution in [0.5, 0.6) is 11.5 Å². The Morgan fingerprint density at radius 1 is 1.08 bits per heavy atom. The van der Waals surface area contributed by atoms with Gasteiger partial charge in [-0.05, 0) is 55.3 Å². The average molecular weight is 331 g/mol. The van der Waals surface area contributed by atoms with Crippen LogP contribution in [0.25, 0.3) is 0 Å². The van der Waals surface area contributed by atoms with Gasteiger partial charge in [-0.15, -0.1) is 0 Å². The first-order valence-electron chi connectivity index (χ1n) is 7.96. The summed E-state index contributed by atoms with van der Waals surface area (Å²) in [6, 6.07) is 12.1. The molecule has 0 atom stereocenters. The van der Waals surface area contributed by atoms with E-state index in [1.54, 1.807) is 19.1 Å². The number of amides is 1. The molecule has 0 spiro atoms. The number of halogens is 1. The highest BCUT2D eigenvalue weighted by molar-refractivity contribution is 5.76. The lowest BCUT2D eigenvalue weighted by molar-refractivity contribution is -0.121. The maximum absolute atomic E-state index is 13.2. The SMILES string of the molecule is CCOc1ccc(OCCC(=O)NCc2ccc(F)c(C)c2)cc1. The Hall–Kier alpha value is -2.56. The normalized spacial score (nSPS) is 10.3. The molecule has 0 radical (unpaired) electrons. The molecule has 0 aliphatic rings. The van der Waals surface area contributed by atoms with E-state index in [0.717, 1.165) is 11.3 Å². The number of nitrogens with one attached hydrogen (secondary N) is 1. The predicted octanol–water partition coefficient (Wildman–Crippen LogP) is 3.62. The van der Waals surface area contributed by atoms with Gasteiger partial charge in [0, 0.05) is 6.54 Å². The Bertz CT molecular complexity index is 671. The number of rotatable bonds is 8. The van der Waals surface area contributed by atoms with Crippen molar-refractivity contribution in [3.8, 4) is 11.5 Å². The van der Waals surface area contributed by atoms with Gasteiger partial charge in [-0.25, -0.2) is 4.39 Å². The summed E-state index contributed by atoms with van der Waals surface area (Å²) in [6.07, 6.45) is 0.257. The molecule has 0 bridgehead atoms. The van der Waals surface area contributed by atoms with Crippen LogP contribution in [0.2, 0.25) is 0 Å². The second-order valence-corrected chi connectivity index (χ2v) is 5.36. The molecule has 0 aliphatic carbocycles. The smallest absolute Gasteiger partial charge is 0.223 e. The minimum absolute atomic E-state index is 0.108. The lowest BCUT2D eigenvalue weighted by Gasteiger charge is -2.09. The summed E-state index contributed by atoms with van der Waals surface area (Å²) < 4.78 is 24.1. The zero-order chi connectivity index (χ0) is 17.4. The van der Waals surface area contributed by atoms with Crippen LogP contribution in [0.4, 0.5) is 4.39 Å². The number of hydrogen-bond donors (Lipinski definition) is 1. The van der Waals surface area contributed by atoms with Crippen molar-refractivity contribution in [2.75, 3.05) is 13.2 Å². The molecule has 24 heavy (non-hydrogen) atoms. The highest BCUT2D eigenvalue weighted by Crippen LogP contribution is 2.17. The number of hydrogen-bond acceptors (Lipinski definition) is 3. The van der Waals surface area contributed by atoms with Gasteiger partial charge >= 0.3 is 0 Å². The lowest BCUT2D eigenvalue weighted by Crippen LogP contribution is -2.24. The van der Waals surface area contributed by atoms with Gasteiger partial charge in [0.15, 0.2) is 0 Å². The molecule has 0 unspecified atom stereocenters. The van der Waals surface area contributed by atoms with Crippen LogP contribution in [0.3, 0.4) is 0 Å². The van der Waals surface area contributed by atoms with Crippen LogP contribution in [0.15, 0.2) is 42.5 Å². The standard InChI is InChI=1S/C19H22FNO3/c1-3-23-16-5-7-17(8-6-16)24-11-10-19(22)21-13-15-4-9-18(20)14(2)12-15/h4-9,12H,3,10-11,13H2,1-2H3,(H,21,22). The van der Waals surface area contributed by atoms with E-state index in [1.165, 1.54) is 6.07 Å². The molecule has 0 saturated carbocycles. The summed E-state index contributed by atoms with van der Waals surface area (Å²) in [5.41, 5.74) is 1.44. The van der Waals surface area contributed by atoms with Crippen LogP contribution >= 0.6 is 0 Å². The quantitative estimate of drug-likeness (QED) is 0.804. The maximum Gasteiger partial charge on any atom is 0.223 e. The summed E-state index contributed by atoms with van der Waals surface area (Å²) in [7, 11) is 0. The first-order valence-corrected chi connectivity index (χ1v) is 7.96. The largest absolute Gasteiger partial charge is 0.494 e. The Kier molecular flexibility index (Phi) is 6.61. The van der Waals surface area contributed by atoms with Gasteiger partial charge in [0.25, 0.3) is 0 Å². The summed E-state index contributed by atoms with van der Waals surface area (Å²) in [5, 5.41) is 2.80. The summed E-state index contributed by atoms with van der Waals surface area (Å²) in [5.74, 6) is 1.13. The fourth-order valence-corrected chi connectivity index (χ4v) is 2.17. The van der Waals surface area contributed by atoms with Gasteiger partial charge in [0.2, 0.25) is 5.91 Å². The predicted molar refractivity (Wildman–Crippen MR) is 90.7 cm³/mol. The molecule has 0 aliphatic heterocycles. The third kappa shape index (κ3) is 5.57. The van der Waals surface area contributed by atoms with Crippen molar-refractivity contribution >= 4 is 5.91 Å². The number of aryl methyl sites for hydroxylation is 1. The maximum atomic E-state index is 13.2. The van der Waals surface area contributed by atoms with E-state index >= 15 is 0 Å². The molecule has 0 fully saturated rings. The van der Waals surface area contributed by atoms with E-state index in [9.17, 15) is 9.18 Å². The summed E-state index contributed by atoms with van der Waals surface area (Å²) >= 11 is 0. The van der Waals surface area contributed by atoms with Gasteiger partial charge < -0.3 is 14.8 Å². The van der Waals surface area contributed by atoms with Crippen LogP contribution in [-0.4, -0.2) is 19.1 Å². The van der Waals surface area contributed by atoms with E-state index < -0.39 is 0 Å². The second kappa shape index (κ2) is 8.91. The molecule has 5 heteroatoms. The van der Waals surface area contributed by atoms with E-state index in [4.69, 9.17) is 9.47 Å². The van der Waals surface area contributed by atoms with Crippen molar-refractivity contribution in [1.82, 2.24) is 5.32 Å². The summed E-state index contributed by atoms with van der Waals surface area (Å²) in [4.78, 5) is 11.8. The molecule has 1 N–H and O–H groups in total. The van der Waals surface area contributed by atoms with Gasteiger partial charge in [-0.1, -0.05) is 12.1 Å². The van der Waals surface area contributed by atoms with Crippen LogP contribution in [0.1, 0.15) is 24.5 Å².